The molecule has 90 valence electrons. The van der Waals surface area contributed by atoms with Crippen molar-refractivity contribution in [3.8, 4) is 0 Å². The van der Waals surface area contributed by atoms with Gasteiger partial charge in [-0.3, -0.25) is 11.3 Å². The first-order chi connectivity index (χ1) is 7.33. The Kier molecular flexibility index (Phi) is 3.88. The third-order valence-corrected chi connectivity index (χ3v) is 2.48. The van der Waals surface area contributed by atoms with Crippen LogP contribution in [0.25, 0.3) is 0 Å². The first-order valence-corrected chi connectivity index (χ1v) is 5.51. The van der Waals surface area contributed by atoms with E-state index in [4.69, 9.17) is 11.6 Å². The number of nitrogens with one attached hydrogen (secondary N) is 1. The van der Waals surface area contributed by atoms with Gasteiger partial charge in [-0.05, 0) is 30.4 Å². The molecule has 1 atom stereocenters. The van der Waals surface area contributed by atoms with Crippen molar-refractivity contribution in [2.24, 2.45) is 11.3 Å². The number of nitrogen functional groups attached to an aromatic ring is 1. The molecule has 0 aromatic carbocycles. The zero-order valence-electron chi connectivity index (χ0n) is 10.5. The predicted octanol–water partition coefficient (Wildman–Crippen LogP) is 1.91. The van der Waals surface area contributed by atoms with E-state index in [1.807, 2.05) is 13.0 Å². The Balaban J connectivity index is 2.99. The van der Waals surface area contributed by atoms with Crippen molar-refractivity contribution in [3.05, 3.63) is 23.4 Å². The van der Waals surface area contributed by atoms with Gasteiger partial charge in [0.1, 0.15) is 5.82 Å². The second-order valence-corrected chi connectivity index (χ2v) is 5.47. The van der Waals surface area contributed by atoms with Crippen molar-refractivity contribution in [2.75, 3.05) is 5.73 Å². The van der Waals surface area contributed by atoms with Crippen LogP contribution in [-0.2, 0) is 0 Å². The van der Waals surface area contributed by atoms with Crippen LogP contribution in [0.2, 0.25) is 0 Å². The molecule has 1 heterocycles. The van der Waals surface area contributed by atoms with E-state index in [0.717, 1.165) is 17.5 Å². The third-order valence-electron chi connectivity index (χ3n) is 2.48. The Morgan fingerprint density at radius 3 is 2.56 bits per heavy atom. The zero-order valence-corrected chi connectivity index (χ0v) is 10.5. The van der Waals surface area contributed by atoms with Crippen LogP contribution in [-0.4, -0.2) is 4.98 Å². The van der Waals surface area contributed by atoms with Gasteiger partial charge in [-0.2, -0.15) is 0 Å². The number of nitrogens with two attached hydrogens (primary N) is 2. The lowest BCUT2D eigenvalue weighted by Crippen LogP contribution is -2.31. The number of anilines is 1. The van der Waals surface area contributed by atoms with Gasteiger partial charge in [0.2, 0.25) is 0 Å². The molecule has 4 heteroatoms. The Morgan fingerprint density at radius 1 is 1.44 bits per heavy atom. The Morgan fingerprint density at radius 2 is 2.06 bits per heavy atom. The van der Waals surface area contributed by atoms with Crippen LogP contribution >= 0.6 is 0 Å². The largest absolute Gasteiger partial charge is 0.383 e. The molecular formula is C12H22N4. The topological polar surface area (TPSA) is 77.0 Å². The minimum absolute atomic E-state index is 0.0485. The van der Waals surface area contributed by atoms with E-state index in [-0.39, 0.29) is 11.5 Å². The summed E-state index contributed by atoms with van der Waals surface area (Å²) in [5, 5.41) is 0. The molecule has 0 spiro atoms. The van der Waals surface area contributed by atoms with Crippen molar-refractivity contribution < 1.29 is 0 Å². The number of rotatable bonds is 3. The third kappa shape index (κ3) is 3.47. The first kappa shape index (κ1) is 12.9. The lowest BCUT2D eigenvalue weighted by atomic mass is 9.85. The molecule has 0 saturated heterocycles. The SMILES string of the molecule is Cc1cnc(N)c(C(CC(C)(C)C)NN)c1. The highest BCUT2D eigenvalue weighted by molar-refractivity contribution is 5.43. The Labute approximate surface area is 97.4 Å². The molecule has 1 rings (SSSR count). The summed E-state index contributed by atoms with van der Waals surface area (Å²) in [5.74, 6) is 6.15. The number of hydrogen-bond acceptors (Lipinski definition) is 4. The van der Waals surface area contributed by atoms with Crippen LogP contribution in [0.1, 0.15) is 44.4 Å². The fraction of sp³-hybridized carbons (Fsp3) is 0.583. The van der Waals surface area contributed by atoms with Crippen LogP contribution in [0.15, 0.2) is 12.3 Å². The molecule has 5 N–H and O–H groups in total. The number of aromatic nitrogens is 1. The molecule has 0 aliphatic carbocycles. The number of nitrogens with zero attached hydrogens (tertiary/aromatic N) is 1. The van der Waals surface area contributed by atoms with Crippen molar-refractivity contribution in [2.45, 2.75) is 40.2 Å². The van der Waals surface area contributed by atoms with Gasteiger partial charge in [-0.1, -0.05) is 20.8 Å². The molecule has 1 aromatic rings. The van der Waals surface area contributed by atoms with Crippen molar-refractivity contribution in [1.82, 2.24) is 10.4 Å². The summed E-state index contributed by atoms with van der Waals surface area (Å²) in [5.41, 5.74) is 11.0. The van der Waals surface area contributed by atoms with Gasteiger partial charge in [0.15, 0.2) is 0 Å². The molecule has 1 unspecified atom stereocenters. The Hall–Kier alpha value is -1.13. The average Bonchev–Trinajstić information content (AvgIpc) is 2.17. The Bertz CT molecular complexity index is 355. The summed E-state index contributed by atoms with van der Waals surface area (Å²) in [4.78, 5) is 4.16. The summed E-state index contributed by atoms with van der Waals surface area (Å²) in [7, 11) is 0. The molecule has 0 aliphatic heterocycles. The highest BCUT2D eigenvalue weighted by Gasteiger charge is 2.21. The van der Waals surface area contributed by atoms with Crippen LogP contribution in [0.4, 0.5) is 5.82 Å². The van der Waals surface area contributed by atoms with Gasteiger partial charge in [0.05, 0.1) is 6.04 Å². The van der Waals surface area contributed by atoms with E-state index in [0.29, 0.717) is 5.82 Å². The van der Waals surface area contributed by atoms with E-state index in [2.05, 4.69) is 31.2 Å². The maximum Gasteiger partial charge on any atom is 0.128 e. The number of pyridine rings is 1. The second-order valence-electron chi connectivity index (χ2n) is 5.47. The highest BCUT2D eigenvalue weighted by atomic mass is 15.2. The van der Waals surface area contributed by atoms with E-state index < -0.39 is 0 Å². The summed E-state index contributed by atoms with van der Waals surface area (Å²) >= 11 is 0. The zero-order chi connectivity index (χ0) is 12.3. The molecule has 0 fully saturated rings. The number of hydrazine groups is 1. The highest BCUT2D eigenvalue weighted by Crippen LogP contribution is 2.31. The fourth-order valence-electron chi connectivity index (χ4n) is 1.75. The van der Waals surface area contributed by atoms with E-state index in [9.17, 15) is 0 Å². The molecule has 1 aromatic heterocycles. The second kappa shape index (κ2) is 4.80. The minimum Gasteiger partial charge on any atom is -0.383 e. The van der Waals surface area contributed by atoms with Crippen molar-refractivity contribution >= 4 is 5.82 Å². The fourth-order valence-corrected chi connectivity index (χ4v) is 1.75. The molecule has 0 bridgehead atoms. The van der Waals surface area contributed by atoms with Crippen molar-refractivity contribution in [3.63, 3.8) is 0 Å². The molecule has 0 aliphatic rings. The molecule has 0 saturated carbocycles. The van der Waals surface area contributed by atoms with E-state index >= 15 is 0 Å². The maximum absolute atomic E-state index is 5.88. The normalized spacial score (nSPS) is 13.8. The average molecular weight is 222 g/mol. The number of hydrogen-bond donors (Lipinski definition) is 3. The summed E-state index contributed by atoms with van der Waals surface area (Å²) < 4.78 is 0. The lowest BCUT2D eigenvalue weighted by Gasteiger charge is -2.26. The summed E-state index contributed by atoms with van der Waals surface area (Å²) in [6.45, 7) is 8.53. The monoisotopic (exact) mass is 222 g/mol. The van der Waals surface area contributed by atoms with Gasteiger partial charge in [0.25, 0.3) is 0 Å². The van der Waals surface area contributed by atoms with Crippen molar-refractivity contribution in [1.29, 1.82) is 0 Å². The predicted molar refractivity (Wildman–Crippen MR) is 67.5 cm³/mol. The minimum atomic E-state index is 0.0485. The number of aryl methyl sites for hydroxylation is 1. The lowest BCUT2D eigenvalue weighted by molar-refractivity contribution is 0.313. The van der Waals surface area contributed by atoms with Crippen LogP contribution in [0, 0.1) is 12.3 Å². The smallest absolute Gasteiger partial charge is 0.128 e. The van der Waals surface area contributed by atoms with E-state index in [1.165, 1.54) is 0 Å². The van der Waals surface area contributed by atoms with Gasteiger partial charge < -0.3 is 5.73 Å². The molecule has 0 amide bonds. The van der Waals surface area contributed by atoms with Gasteiger partial charge in [0, 0.05) is 11.8 Å². The molecule has 4 nitrogen and oxygen atoms in total. The van der Waals surface area contributed by atoms with Gasteiger partial charge in [-0.15, -0.1) is 0 Å². The van der Waals surface area contributed by atoms with Gasteiger partial charge >= 0.3 is 0 Å². The summed E-state index contributed by atoms with van der Waals surface area (Å²) in [6, 6.07) is 2.09. The molecule has 0 radical (unpaired) electrons. The summed E-state index contributed by atoms with van der Waals surface area (Å²) in [6.07, 6.45) is 2.68. The quantitative estimate of drug-likeness (QED) is 0.539. The molecule has 16 heavy (non-hydrogen) atoms. The molecular weight excluding hydrogens is 200 g/mol. The first-order valence-electron chi connectivity index (χ1n) is 5.51. The standard InChI is InChI=1S/C12H22N4/c1-8-5-9(11(13)15-7-8)10(16-14)6-12(2,3)4/h5,7,10,16H,6,14H2,1-4H3,(H2,13,15). The van der Waals surface area contributed by atoms with Crippen LogP contribution in [0.5, 0.6) is 0 Å². The van der Waals surface area contributed by atoms with Crippen LogP contribution < -0.4 is 17.0 Å². The van der Waals surface area contributed by atoms with Crippen LogP contribution in [0.3, 0.4) is 0 Å². The van der Waals surface area contributed by atoms with E-state index in [1.54, 1.807) is 6.20 Å². The maximum atomic E-state index is 5.88. The van der Waals surface area contributed by atoms with Gasteiger partial charge in [-0.25, -0.2) is 4.98 Å².